The Kier molecular flexibility index (Phi) is 1.71. The average molecular weight is 237 g/mol. The zero-order valence-electron chi connectivity index (χ0n) is 9.68. The number of nitrogens with one attached hydrogen (secondary N) is 1. The van der Waals surface area contributed by atoms with E-state index in [4.69, 9.17) is 0 Å². The van der Waals surface area contributed by atoms with Crippen molar-refractivity contribution in [2.75, 3.05) is 5.32 Å². The number of aromatic nitrogens is 2. The van der Waals surface area contributed by atoms with Gasteiger partial charge in [-0.2, -0.15) is 0 Å². The van der Waals surface area contributed by atoms with Crippen LogP contribution in [0.25, 0.3) is 0 Å². The van der Waals surface area contributed by atoms with E-state index >= 15 is 0 Å². The van der Waals surface area contributed by atoms with Gasteiger partial charge in [-0.25, -0.2) is 4.98 Å². The number of carbonyl (C=O) groups is 1. The van der Waals surface area contributed by atoms with Crippen LogP contribution in [-0.2, 0) is 23.1 Å². The maximum atomic E-state index is 12.4. The third-order valence-electron chi connectivity index (χ3n) is 3.98. The van der Waals surface area contributed by atoms with E-state index in [0.29, 0.717) is 5.82 Å². The van der Waals surface area contributed by atoms with Crippen molar-refractivity contribution in [3.63, 3.8) is 0 Å². The number of rotatable bonds is 0. The van der Waals surface area contributed by atoms with Crippen LogP contribution in [0, 0.1) is 0 Å². The molecule has 0 aromatic carbocycles. The normalized spacial score (nSPS) is 23.9. The van der Waals surface area contributed by atoms with Gasteiger partial charge >= 0.3 is 0 Å². The van der Waals surface area contributed by atoms with Crippen molar-refractivity contribution >= 4 is 11.7 Å². The lowest BCUT2D eigenvalue weighted by molar-refractivity contribution is -0.120. The van der Waals surface area contributed by atoms with E-state index in [-0.39, 0.29) is 5.91 Å². The molecule has 1 atom stereocenters. The first-order valence-electron chi connectivity index (χ1n) is 5.98. The molecule has 0 radical (unpaired) electrons. The Morgan fingerprint density at radius 2 is 2.06 bits per heavy atom. The predicted octanol–water partition coefficient (Wildman–Crippen LogP) is 1.47. The minimum absolute atomic E-state index is 0.0624. The van der Waals surface area contributed by atoms with E-state index in [0.717, 1.165) is 18.4 Å². The summed E-state index contributed by atoms with van der Waals surface area (Å²) in [5, 5.41) is 2.89. The van der Waals surface area contributed by atoms with E-state index in [1.54, 1.807) is 12.4 Å². The maximum Gasteiger partial charge on any atom is 0.237 e. The number of hydrogen-bond acceptors (Lipinski definition) is 3. The van der Waals surface area contributed by atoms with Crippen molar-refractivity contribution in [2.24, 2.45) is 0 Å². The summed E-state index contributed by atoms with van der Waals surface area (Å²) < 4.78 is 0. The number of carbonyl (C=O) groups excluding carboxylic acids is 1. The van der Waals surface area contributed by atoms with Crippen LogP contribution in [0.4, 0.5) is 5.82 Å². The molecule has 18 heavy (non-hydrogen) atoms. The fourth-order valence-electron chi connectivity index (χ4n) is 3.09. The molecule has 1 amide bonds. The Hall–Kier alpha value is -2.23. The van der Waals surface area contributed by atoms with Crippen LogP contribution >= 0.6 is 0 Å². The van der Waals surface area contributed by atoms with Crippen molar-refractivity contribution in [1.29, 1.82) is 0 Å². The molecule has 2 aromatic heterocycles. The van der Waals surface area contributed by atoms with Gasteiger partial charge in [-0.1, -0.05) is 6.07 Å². The highest BCUT2D eigenvalue weighted by Crippen LogP contribution is 2.46. The second kappa shape index (κ2) is 3.16. The second-order valence-corrected chi connectivity index (χ2v) is 4.93. The summed E-state index contributed by atoms with van der Waals surface area (Å²) in [6, 6.07) is 5.90. The highest BCUT2D eigenvalue weighted by Gasteiger charge is 2.50. The number of hydrogen-bond donors (Lipinski definition) is 1. The zero-order valence-corrected chi connectivity index (χ0v) is 9.68. The number of amides is 1. The fourth-order valence-corrected chi connectivity index (χ4v) is 3.09. The van der Waals surface area contributed by atoms with Gasteiger partial charge in [0.25, 0.3) is 0 Å². The van der Waals surface area contributed by atoms with E-state index < -0.39 is 5.41 Å². The molecule has 3 heterocycles. The van der Waals surface area contributed by atoms with Gasteiger partial charge in [0.2, 0.25) is 5.91 Å². The number of pyridine rings is 2. The molecule has 1 aliphatic heterocycles. The first-order valence-corrected chi connectivity index (χ1v) is 5.98. The minimum Gasteiger partial charge on any atom is -0.310 e. The molecule has 2 aliphatic rings. The van der Waals surface area contributed by atoms with E-state index in [2.05, 4.69) is 15.3 Å². The molecule has 0 fully saturated rings. The molecule has 0 saturated carbocycles. The maximum absolute atomic E-state index is 12.4. The zero-order chi connectivity index (χ0) is 12.2. The smallest absolute Gasteiger partial charge is 0.237 e. The first-order chi connectivity index (χ1) is 8.79. The van der Waals surface area contributed by atoms with Gasteiger partial charge < -0.3 is 5.32 Å². The average Bonchev–Trinajstić information content (AvgIpc) is 2.90. The molecule has 4 nitrogen and oxygen atoms in total. The van der Waals surface area contributed by atoms with Crippen LogP contribution in [0.3, 0.4) is 0 Å². The summed E-state index contributed by atoms with van der Waals surface area (Å²) in [5.41, 5.74) is 2.95. The molecule has 1 N–H and O–H groups in total. The van der Waals surface area contributed by atoms with Crippen molar-refractivity contribution in [2.45, 2.75) is 18.3 Å². The van der Waals surface area contributed by atoms with Crippen molar-refractivity contribution in [3.05, 3.63) is 53.5 Å². The van der Waals surface area contributed by atoms with Crippen LogP contribution < -0.4 is 5.32 Å². The van der Waals surface area contributed by atoms with Crippen LogP contribution in [0.2, 0.25) is 0 Å². The second-order valence-electron chi connectivity index (χ2n) is 4.93. The molecule has 1 unspecified atom stereocenters. The molecule has 2 aromatic rings. The van der Waals surface area contributed by atoms with Crippen LogP contribution in [-0.4, -0.2) is 15.9 Å². The summed E-state index contributed by atoms with van der Waals surface area (Å²) in [7, 11) is 0. The number of anilines is 1. The SMILES string of the molecule is O=C1Nc2ncccc2C12Cc1ccncc1C2. The van der Waals surface area contributed by atoms with Gasteiger partial charge in [0, 0.05) is 24.2 Å². The van der Waals surface area contributed by atoms with Crippen molar-refractivity contribution < 1.29 is 4.79 Å². The van der Waals surface area contributed by atoms with Gasteiger partial charge in [-0.05, 0) is 36.1 Å². The molecular formula is C14H11N3O. The highest BCUT2D eigenvalue weighted by molar-refractivity contribution is 6.06. The van der Waals surface area contributed by atoms with Gasteiger partial charge in [0.05, 0.1) is 5.41 Å². The standard InChI is InChI=1S/C14H11N3O/c18-13-14(11-2-1-4-16-12(11)17-13)6-9-3-5-15-8-10(9)7-14/h1-5,8H,6-7H2,(H,16,17,18). The Morgan fingerprint density at radius 3 is 2.94 bits per heavy atom. The van der Waals surface area contributed by atoms with Gasteiger partial charge in [-0.15, -0.1) is 0 Å². The predicted molar refractivity (Wildman–Crippen MR) is 66.2 cm³/mol. The topological polar surface area (TPSA) is 54.9 Å². The Labute approximate surface area is 104 Å². The lowest BCUT2D eigenvalue weighted by Crippen LogP contribution is -2.35. The molecule has 1 spiro atoms. The van der Waals surface area contributed by atoms with E-state index in [1.165, 1.54) is 11.1 Å². The number of fused-ring (bicyclic) bond motifs is 3. The molecule has 0 bridgehead atoms. The van der Waals surface area contributed by atoms with E-state index in [9.17, 15) is 4.79 Å². The van der Waals surface area contributed by atoms with Crippen molar-refractivity contribution in [1.82, 2.24) is 9.97 Å². The summed E-state index contributed by atoms with van der Waals surface area (Å²) >= 11 is 0. The van der Waals surface area contributed by atoms with Crippen LogP contribution in [0.1, 0.15) is 16.7 Å². The summed E-state index contributed by atoms with van der Waals surface area (Å²) in [6.07, 6.45) is 6.83. The van der Waals surface area contributed by atoms with Gasteiger partial charge in [0.15, 0.2) is 0 Å². The quantitative estimate of drug-likeness (QED) is 0.754. The molecule has 1 aliphatic carbocycles. The third kappa shape index (κ3) is 1.07. The Morgan fingerprint density at radius 1 is 1.17 bits per heavy atom. The number of nitrogens with zero attached hydrogens (tertiary/aromatic N) is 2. The molecule has 4 rings (SSSR count). The van der Waals surface area contributed by atoms with Crippen LogP contribution in [0.15, 0.2) is 36.8 Å². The fraction of sp³-hybridized carbons (Fsp3) is 0.214. The largest absolute Gasteiger partial charge is 0.310 e. The molecule has 4 heteroatoms. The monoisotopic (exact) mass is 237 g/mol. The van der Waals surface area contributed by atoms with E-state index in [1.807, 2.05) is 24.4 Å². The third-order valence-corrected chi connectivity index (χ3v) is 3.98. The van der Waals surface area contributed by atoms with Crippen LogP contribution in [0.5, 0.6) is 0 Å². The summed E-state index contributed by atoms with van der Waals surface area (Å²) in [5.74, 6) is 0.774. The lowest BCUT2D eigenvalue weighted by Gasteiger charge is -2.20. The Bertz CT molecular complexity index is 641. The summed E-state index contributed by atoms with van der Waals surface area (Å²) in [6.45, 7) is 0. The molecule has 88 valence electrons. The summed E-state index contributed by atoms with van der Waals surface area (Å²) in [4.78, 5) is 20.7. The minimum atomic E-state index is -0.463. The van der Waals surface area contributed by atoms with Gasteiger partial charge in [-0.3, -0.25) is 9.78 Å². The first kappa shape index (κ1) is 9.76. The Balaban J connectivity index is 1.90. The lowest BCUT2D eigenvalue weighted by atomic mass is 9.79. The molecule has 0 saturated heterocycles. The molecular weight excluding hydrogens is 226 g/mol. The van der Waals surface area contributed by atoms with Crippen molar-refractivity contribution in [3.8, 4) is 0 Å². The van der Waals surface area contributed by atoms with Gasteiger partial charge in [0.1, 0.15) is 5.82 Å². The highest BCUT2D eigenvalue weighted by atomic mass is 16.2.